The van der Waals surface area contributed by atoms with Crippen molar-refractivity contribution >= 4 is 0 Å². The van der Waals surface area contributed by atoms with Gasteiger partial charge in [0.15, 0.2) is 0 Å². The van der Waals surface area contributed by atoms with Gasteiger partial charge in [0.05, 0.1) is 5.69 Å². The van der Waals surface area contributed by atoms with E-state index in [-0.39, 0.29) is 0 Å². The van der Waals surface area contributed by atoms with Crippen LogP contribution in [0.3, 0.4) is 0 Å². The molecule has 1 heterocycles. The molecule has 0 spiro atoms. The second-order valence-electron chi connectivity index (χ2n) is 5.45. The lowest BCUT2D eigenvalue weighted by molar-refractivity contribution is 0.534. The van der Waals surface area contributed by atoms with E-state index in [0.29, 0.717) is 6.54 Å². The highest BCUT2D eigenvalue weighted by Crippen LogP contribution is 2.16. The molecule has 3 heteroatoms. The minimum atomic E-state index is 0.608. The number of nitrogens with zero attached hydrogens (tertiary/aromatic N) is 2. The summed E-state index contributed by atoms with van der Waals surface area (Å²) in [5.74, 6) is 0. The molecule has 114 valence electrons. The van der Waals surface area contributed by atoms with Crippen molar-refractivity contribution in [1.29, 1.82) is 0 Å². The summed E-state index contributed by atoms with van der Waals surface area (Å²) in [7, 11) is 0. The molecule has 1 aromatic heterocycles. The maximum Gasteiger partial charge on any atom is 0.0669 e. The minimum absolute atomic E-state index is 0.608. The van der Waals surface area contributed by atoms with Crippen LogP contribution in [0.5, 0.6) is 0 Å². The predicted molar refractivity (Wildman–Crippen MR) is 88.3 cm³/mol. The number of hydrogen-bond acceptors (Lipinski definition) is 2. The van der Waals surface area contributed by atoms with Crippen LogP contribution in [0, 0.1) is 0 Å². The number of hydrogen-bond donors (Lipinski definition) is 1. The first-order valence-electron chi connectivity index (χ1n) is 8.11. The van der Waals surface area contributed by atoms with Crippen LogP contribution < -0.4 is 5.73 Å². The lowest BCUT2D eigenvalue weighted by atomic mass is 10.1. The van der Waals surface area contributed by atoms with Crippen molar-refractivity contribution < 1.29 is 0 Å². The Morgan fingerprint density at radius 1 is 1.05 bits per heavy atom. The minimum Gasteiger partial charge on any atom is -0.326 e. The highest BCUT2D eigenvalue weighted by Gasteiger charge is 2.13. The van der Waals surface area contributed by atoms with Gasteiger partial charge in [-0.1, -0.05) is 44.2 Å². The third kappa shape index (κ3) is 3.94. The van der Waals surface area contributed by atoms with Gasteiger partial charge in [-0.15, -0.1) is 0 Å². The smallest absolute Gasteiger partial charge is 0.0669 e. The number of benzene rings is 1. The fourth-order valence-corrected chi connectivity index (χ4v) is 2.92. The summed E-state index contributed by atoms with van der Waals surface area (Å²) < 4.78 is 2.19. The van der Waals surface area contributed by atoms with E-state index in [9.17, 15) is 0 Å². The van der Waals surface area contributed by atoms with Crippen LogP contribution in [0.15, 0.2) is 30.3 Å². The van der Waals surface area contributed by atoms with Gasteiger partial charge in [0.1, 0.15) is 0 Å². The summed E-state index contributed by atoms with van der Waals surface area (Å²) in [5.41, 5.74) is 11.1. The van der Waals surface area contributed by atoms with Gasteiger partial charge >= 0.3 is 0 Å². The van der Waals surface area contributed by atoms with Gasteiger partial charge in [-0.05, 0) is 37.7 Å². The molecule has 0 fully saturated rings. The monoisotopic (exact) mass is 285 g/mol. The number of aromatic nitrogens is 2. The van der Waals surface area contributed by atoms with E-state index < -0.39 is 0 Å². The zero-order valence-corrected chi connectivity index (χ0v) is 13.3. The van der Waals surface area contributed by atoms with Gasteiger partial charge in [-0.3, -0.25) is 4.68 Å². The summed E-state index contributed by atoms with van der Waals surface area (Å²) in [6.45, 7) is 5.95. The molecule has 0 amide bonds. The fourth-order valence-electron chi connectivity index (χ4n) is 2.92. The average Bonchev–Trinajstić information content (AvgIpc) is 2.89. The lowest BCUT2D eigenvalue weighted by Crippen LogP contribution is -2.07. The molecule has 0 aliphatic rings. The first kappa shape index (κ1) is 15.8. The molecule has 1 aromatic carbocycles. The first-order chi connectivity index (χ1) is 10.3. The molecular formula is C18H27N3. The highest BCUT2D eigenvalue weighted by atomic mass is 15.3. The van der Waals surface area contributed by atoms with Gasteiger partial charge in [-0.2, -0.15) is 5.10 Å². The Hall–Kier alpha value is -1.61. The van der Waals surface area contributed by atoms with Crippen molar-refractivity contribution in [1.82, 2.24) is 9.78 Å². The van der Waals surface area contributed by atoms with Gasteiger partial charge in [-0.25, -0.2) is 0 Å². The summed E-state index contributed by atoms with van der Waals surface area (Å²) in [6, 6.07) is 10.7. The molecule has 0 unspecified atom stereocenters. The quantitative estimate of drug-likeness (QED) is 0.755. The molecule has 0 saturated heterocycles. The Kier molecular flexibility index (Phi) is 6.00. The van der Waals surface area contributed by atoms with E-state index in [2.05, 4.69) is 48.9 Å². The normalized spacial score (nSPS) is 11.0. The summed E-state index contributed by atoms with van der Waals surface area (Å²) in [5, 5.41) is 4.75. The third-order valence-corrected chi connectivity index (χ3v) is 4.05. The molecule has 0 atom stereocenters. The summed E-state index contributed by atoms with van der Waals surface area (Å²) >= 11 is 0. The topological polar surface area (TPSA) is 43.8 Å². The predicted octanol–water partition coefficient (Wildman–Crippen LogP) is 3.49. The van der Waals surface area contributed by atoms with E-state index in [0.717, 1.165) is 32.2 Å². The first-order valence-corrected chi connectivity index (χ1v) is 8.11. The third-order valence-electron chi connectivity index (χ3n) is 4.05. The van der Waals surface area contributed by atoms with Crippen molar-refractivity contribution in [2.24, 2.45) is 5.73 Å². The number of nitrogens with two attached hydrogens (primary N) is 1. The Morgan fingerprint density at radius 2 is 1.81 bits per heavy atom. The summed E-state index contributed by atoms with van der Waals surface area (Å²) in [4.78, 5) is 0. The molecule has 0 aliphatic carbocycles. The largest absolute Gasteiger partial charge is 0.326 e. The molecule has 2 rings (SSSR count). The number of unbranched alkanes of at least 4 members (excludes halogenated alkanes) is 1. The van der Waals surface area contributed by atoms with Crippen molar-refractivity contribution in [2.75, 3.05) is 0 Å². The van der Waals surface area contributed by atoms with Crippen LogP contribution in [0.25, 0.3) is 0 Å². The molecule has 3 nitrogen and oxygen atoms in total. The Balaban J connectivity index is 1.92. The number of rotatable bonds is 8. The molecule has 0 saturated carbocycles. The van der Waals surface area contributed by atoms with Crippen LogP contribution >= 0.6 is 0 Å². The molecule has 21 heavy (non-hydrogen) atoms. The average molecular weight is 285 g/mol. The van der Waals surface area contributed by atoms with Crippen molar-refractivity contribution in [3.63, 3.8) is 0 Å². The SMILES string of the molecule is CCc1nn(CCCCc2ccccc2)c(CC)c1CN. The van der Waals surface area contributed by atoms with E-state index in [1.165, 1.54) is 28.9 Å². The second kappa shape index (κ2) is 7.99. The summed E-state index contributed by atoms with van der Waals surface area (Å²) in [6.07, 6.45) is 5.49. The molecule has 2 aromatic rings. The van der Waals surface area contributed by atoms with E-state index >= 15 is 0 Å². The fraction of sp³-hybridized carbons (Fsp3) is 0.500. The van der Waals surface area contributed by atoms with Crippen LogP contribution in [0.4, 0.5) is 0 Å². The van der Waals surface area contributed by atoms with Crippen LogP contribution in [0.2, 0.25) is 0 Å². The second-order valence-corrected chi connectivity index (χ2v) is 5.45. The van der Waals surface area contributed by atoms with Crippen molar-refractivity contribution in [2.45, 2.75) is 59.0 Å². The van der Waals surface area contributed by atoms with Crippen molar-refractivity contribution in [3.8, 4) is 0 Å². The molecular weight excluding hydrogens is 258 g/mol. The van der Waals surface area contributed by atoms with Crippen molar-refractivity contribution in [3.05, 3.63) is 52.8 Å². The number of aryl methyl sites for hydroxylation is 3. The van der Waals surface area contributed by atoms with Gasteiger partial charge < -0.3 is 5.73 Å². The highest BCUT2D eigenvalue weighted by molar-refractivity contribution is 5.26. The maximum absolute atomic E-state index is 5.89. The van der Waals surface area contributed by atoms with Gasteiger partial charge in [0.25, 0.3) is 0 Å². The van der Waals surface area contributed by atoms with Gasteiger partial charge in [0.2, 0.25) is 0 Å². The Labute approximate surface area is 128 Å². The zero-order valence-electron chi connectivity index (χ0n) is 13.3. The lowest BCUT2D eigenvalue weighted by Gasteiger charge is -2.07. The van der Waals surface area contributed by atoms with Crippen LogP contribution in [-0.4, -0.2) is 9.78 Å². The maximum atomic E-state index is 5.89. The van der Waals surface area contributed by atoms with Crippen LogP contribution in [0.1, 0.15) is 49.2 Å². The van der Waals surface area contributed by atoms with E-state index in [1.54, 1.807) is 0 Å². The Morgan fingerprint density at radius 3 is 2.43 bits per heavy atom. The standard InChI is InChI=1S/C18H27N3/c1-3-17-16(14-19)18(4-2)21(20-17)13-9-8-12-15-10-6-5-7-11-15/h5-7,10-11H,3-4,8-9,12-14,19H2,1-2H3. The molecule has 0 aliphatic heterocycles. The van der Waals surface area contributed by atoms with E-state index in [1.807, 2.05) is 0 Å². The molecule has 2 N–H and O–H groups in total. The molecule has 0 radical (unpaired) electrons. The zero-order chi connectivity index (χ0) is 15.1. The van der Waals surface area contributed by atoms with Gasteiger partial charge in [0, 0.05) is 24.3 Å². The van der Waals surface area contributed by atoms with E-state index in [4.69, 9.17) is 10.8 Å². The Bertz CT molecular complexity index is 543. The molecule has 0 bridgehead atoms. The van der Waals surface area contributed by atoms with Crippen LogP contribution in [-0.2, 0) is 32.4 Å².